The van der Waals surface area contributed by atoms with Crippen LogP contribution in [0.4, 0.5) is 16.0 Å². The fraction of sp³-hybridized carbons (Fsp3) is 0.179. The quantitative estimate of drug-likeness (QED) is 0.263. The van der Waals surface area contributed by atoms with Crippen LogP contribution in [0.5, 0.6) is 0 Å². The van der Waals surface area contributed by atoms with Gasteiger partial charge in [-0.25, -0.2) is 9.07 Å². The molecule has 3 aromatic carbocycles. The van der Waals surface area contributed by atoms with Crippen LogP contribution in [0.3, 0.4) is 0 Å². The fourth-order valence-corrected chi connectivity index (χ4v) is 5.42. The summed E-state index contributed by atoms with van der Waals surface area (Å²) in [5.41, 5.74) is 5.42. The number of amides is 1. The van der Waals surface area contributed by atoms with E-state index >= 15 is 0 Å². The highest BCUT2D eigenvalue weighted by atomic mass is 35.5. The average Bonchev–Trinajstić information content (AvgIpc) is 3.27. The fourth-order valence-electron chi connectivity index (χ4n) is 4.31. The van der Waals surface area contributed by atoms with E-state index in [0.717, 1.165) is 22.4 Å². The third kappa shape index (κ3) is 5.12. The predicted octanol–water partition coefficient (Wildman–Crippen LogP) is 6.91. The lowest BCUT2D eigenvalue weighted by Crippen LogP contribution is -2.31. The molecule has 2 heterocycles. The first-order valence-corrected chi connectivity index (χ1v) is 13.1. The summed E-state index contributed by atoms with van der Waals surface area (Å²) in [6.45, 7) is 5.78. The van der Waals surface area contributed by atoms with Crippen LogP contribution in [0.2, 0.25) is 5.02 Å². The third-order valence-electron chi connectivity index (χ3n) is 6.41. The second-order valence-electron chi connectivity index (χ2n) is 8.87. The maximum atomic E-state index is 14.3. The molecule has 1 unspecified atom stereocenters. The molecular weight excluding hydrogens is 509 g/mol. The van der Waals surface area contributed by atoms with Gasteiger partial charge in [-0.3, -0.25) is 4.79 Å². The van der Waals surface area contributed by atoms with E-state index in [4.69, 9.17) is 16.7 Å². The third-order valence-corrected chi connectivity index (χ3v) is 7.66. The van der Waals surface area contributed by atoms with Crippen molar-refractivity contribution in [2.75, 3.05) is 10.6 Å². The zero-order valence-corrected chi connectivity index (χ0v) is 22.1. The van der Waals surface area contributed by atoms with Gasteiger partial charge in [-0.15, -0.1) is 5.10 Å². The Labute approximate surface area is 224 Å². The number of nitrogens with zero attached hydrogens (tertiary/aromatic N) is 3. The molecular formula is C28H25ClFN5OS. The van der Waals surface area contributed by atoms with Crippen molar-refractivity contribution in [3.63, 3.8) is 0 Å². The van der Waals surface area contributed by atoms with Crippen LogP contribution in [0, 0.1) is 19.7 Å². The van der Waals surface area contributed by atoms with Crippen LogP contribution in [0.1, 0.15) is 35.2 Å². The van der Waals surface area contributed by atoms with E-state index in [1.165, 1.54) is 23.9 Å². The summed E-state index contributed by atoms with van der Waals surface area (Å²) < 4.78 is 16.0. The molecule has 0 radical (unpaired) electrons. The van der Waals surface area contributed by atoms with Crippen molar-refractivity contribution >= 4 is 40.9 Å². The van der Waals surface area contributed by atoms with Gasteiger partial charge < -0.3 is 10.6 Å². The molecule has 188 valence electrons. The van der Waals surface area contributed by atoms with E-state index in [1.54, 1.807) is 16.8 Å². The summed E-state index contributed by atoms with van der Waals surface area (Å²) in [6.07, 6.45) is 0. The number of halogens is 2. The molecule has 4 aromatic rings. The second kappa shape index (κ2) is 10.4. The number of thioether (sulfide) groups is 1. The molecule has 0 bridgehead atoms. The number of nitrogens with one attached hydrogen (secondary N) is 2. The molecule has 9 heteroatoms. The number of allylic oxidation sites excluding steroid dienone is 1. The lowest BCUT2D eigenvalue weighted by molar-refractivity contribution is -0.113. The number of aryl methyl sites for hydroxylation is 1. The highest BCUT2D eigenvalue weighted by Crippen LogP contribution is 2.37. The number of hydrogen-bond acceptors (Lipinski definition) is 5. The first kappa shape index (κ1) is 25.0. The minimum absolute atomic E-state index is 0.292. The molecule has 1 aromatic heterocycles. The second-order valence-corrected chi connectivity index (χ2v) is 10.2. The van der Waals surface area contributed by atoms with E-state index in [2.05, 4.69) is 15.6 Å². The summed E-state index contributed by atoms with van der Waals surface area (Å²) in [7, 11) is 0. The minimum Gasteiger partial charge on any atom is -0.328 e. The monoisotopic (exact) mass is 533 g/mol. The van der Waals surface area contributed by atoms with Crippen molar-refractivity contribution in [3.8, 4) is 0 Å². The molecule has 1 aliphatic rings. The summed E-state index contributed by atoms with van der Waals surface area (Å²) >= 11 is 7.75. The molecule has 1 aliphatic heterocycles. The highest BCUT2D eigenvalue weighted by Gasteiger charge is 2.34. The Morgan fingerprint density at radius 3 is 2.68 bits per heavy atom. The van der Waals surface area contributed by atoms with Crippen molar-refractivity contribution in [3.05, 3.63) is 111 Å². The topological polar surface area (TPSA) is 71.8 Å². The van der Waals surface area contributed by atoms with E-state index in [-0.39, 0.29) is 5.91 Å². The van der Waals surface area contributed by atoms with E-state index in [0.29, 0.717) is 38.7 Å². The molecule has 37 heavy (non-hydrogen) atoms. The van der Waals surface area contributed by atoms with Crippen molar-refractivity contribution in [2.24, 2.45) is 0 Å². The Morgan fingerprint density at radius 2 is 1.89 bits per heavy atom. The molecule has 0 fully saturated rings. The number of rotatable bonds is 6. The molecule has 1 amide bonds. The Balaban J connectivity index is 1.51. The number of hydrogen-bond donors (Lipinski definition) is 2. The Bertz CT molecular complexity index is 1530. The minimum atomic E-state index is -0.667. The smallest absolute Gasteiger partial charge is 0.255 e. The van der Waals surface area contributed by atoms with Crippen LogP contribution in [-0.2, 0) is 10.5 Å². The number of anilines is 2. The first-order chi connectivity index (χ1) is 17.8. The van der Waals surface area contributed by atoms with Gasteiger partial charge in [0.15, 0.2) is 0 Å². The van der Waals surface area contributed by atoms with Crippen LogP contribution < -0.4 is 10.6 Å². The standard InChI is InChI=1S/C28H25ClFN5OS/c1-16-8-6-13-23(17(16)2)32-26(36)24-18(3)31-27-33-28(37-15-20-9-4-5-12-22(20)29)34-35(27)25(24)19-10-7-11-21(30)14-19/h4-14,25H,15H2,1-3H3,(H,32,36)(H,31,33,34). The van der Waals surface area contributed by atoms with Gasteiger partial charge in [0.1, 0.15) is 11.9 Å². The van der Waals surface area contributed by atoms with Gasteiger partial charge in [0, 0.05) is 22.2 Å². The van der Waals surface area contributed by atoms with Gasteiger partial charge in [0.25, 0.3) is 5.91 Å². The zero-order valence-electron chi connectivity index (χ0n) is 20.5. The van der Waals surface area contributed by atoms with Crippen molar-refractivity contribution in [2.45, 2.75) is 37.7 Å². The number of fused-ring (bicyclic) bond motifs is 1. The van der Waals surface area contributed by atoms with Gasteiger partial charge in [0.2, 0.25) is 11.1 Å². The lowest BCUT2D eigenvalue weighted by atomic mass is 9.94. The number of carbonyl (C=O) groups is 1. The van der Waals surface area contributed by atoms with Gasteiger partial charge in [-0.05, 0) is 67.3 Å². The predicted molar refractivity (Wildman–Crippen MR) is 146 cm³/mol. The molecule has 6 nitrogen and oxygen atoms in total. The maximum absolute atomic E-state index is 14.3. The first-order valence-electron chi connectivity index (χ1n) is 11.8. The molecule has 0 saturated heterocycles. The van der Waals surface area contributed by atoms with Crippen LogP contribution in [0.15, 0.2) is 83.2 Å². The maximum Gasteiger partial charge on any atom is 0.255 e. The zero-order chi connectivity index (χ0) is 26.1. The molecule has 2 N–H and O–H groups in total. The molecule has 0 saturated carbocycles. The summed E-state index contributed by atoms with van der Waals surface area (Å²) in [5.74, 6) is 0.384. The van der Waals surface area contributed by atoms with Crippen molar-refractivity contribution < 1.29 is 9.18 Å². The normalized spacial score (nSPS) is 14.8. The number of aromatic nitrogens is 3. The van der Waals surface area contributed by atoms with E-state index in [9.17, 15) is 9.18 Å². The SMILES string of the molecule is CC1=C(C(=O)Nc2cccc(C)c2C)C(c2cccc(F)c2)n2nc(SCc3ccccc3Cl)nc2N1. The molecule has 0 aliphatic carbocycles. The lowest BCUT2D eigenvalue weighted by Gasteiger charge is -2.29. The van der Waals surface area contributed by atoms with E-state index < -0.39 is 11.9 Å². The van der Waals surface area contributed by atoms with Crippen molar-refractivity contribution in [1.82, 2.24) is 14.8 Å². The van der Waals surface area contributed by atoms with Gasteiger partial charge >= 0.3 is 0 Å². The van der Waals surface area contributed by atoms with Crippen LogP contribution >= 0.6 is 23.4 Å². The average molecular weight is 534 g/mol. The van der Waals surface area contributed by atoms with Gasteiger partial charge in [-0.2, -0.15) is 4.98 Å². The van der Waals surface area contributed by atoms with E-state index in [1.807, 2.05) is 63.2 Å². The molecule has 5 rings (SSSR count). The molecule has 0 spiro atoms. The van der Waals surface area contributed by atoms with Crippen LogP contribution in [-0.4, -0.2) is 20.7 Å². The summed E-state index contributed by atoms with van der Waals surface area (Å²) in [6, 6.07) is 19.0. The Morgan fingerprint density at radius 1 is 1.11 bits per heavy atom. The Hall–Kier alpha value is -3.62. The number of benzene rings is 3. The summed E-state index contributed by atoms with van der Waals surface area (Å²) in [5, 5.41) is 12.2. The van der Waals surface area contributed by atoms with Crippen LogP contribution in [0.25, 0.3) is 0 Å². The van der Waals surface area contributed by atoms with Gasteiger partial charge in [0.05, 0.1) is 5.57 Å². The highest BCUT2D eigenvalue weighted by molar-refractivity contribution is 7.98. The largest absolute Gasteiger partial charge is 0.328 e. The number of carbonyl (C=O) groups excluding carboxylic acids is 1. The summed E-state index contributed by atoms with van der Waals surface area (Å²) in [4.78, 5) is 18.3. The molecule has 1 atom stereocenters. The van der Waals surface area contributed by atoms with Crippen molar-refractivity contribution in [1.29, 1.82) is 0 Å². The van der Waals surface area contributed by atoms with Gasteiger partial charge in [-0.1, -0.05) is 65.8 Å². The Kier molecular flexibility index (Phi) is 7.04.